The van der Waals surface area contributed by atoms with Gasteiger partial charge in [-0.3, -0.25) is 23.4 Å². The third kappa shape index (κ3) is 52.6. The number of aliphatic hydroxyl groups excluding tert-OH is 1. The van der Waals surface area contributed by atoms with E-state index < -0.39 is 57.8 Å². The summed E-state index contributed by atoms with van der Waals surface area (Å²) in [5, 5.41) is 9.79. The molecule has 72 heavy (non-hydrogen) atoms. The molecule has 0 aliphatic carbocycles. The molecule has 0 bridgehead atoms. The van der Waals surface area contributed by atoms with Crippen molar-refractivity contribution in [3.63, 3.8) is 0 Å². The van der Waals surface area contributed by atoms with Crippen LogP contribution in [0.4, 0.5) is 0 Å². The Morgan fingerprint density at radius 1 is 0.389 bits per heavy atom. The highest BCUT2D eigenvalue weighted by molar-refractivity contribution is 7.47. The molecule has 3 atom stereocenters. The van der Waals surface area contributed by atoms with Gasteiger partial charge in [-0.05, 0) is 70.6 Å². The number of hydrogen-bond donors (Lipinski definition) is 2. The Hall–Kier alpha value is -2.30. The second-order valence-electron chi connectivity index (χ2n) is 20.2. The minimum absolute atomic E-state index is 0.169. The van der Waals surface area contributed by atoms with Crippen LogP contribution in [-0.2, 0) is 42.2 Å². The van der Waals surface area contributed by atoms with Gasteiger partial charge in [0.05, 0.1) is 19.8 Å². The van der Waals surface area contributed by atoms with E-state index in [1.807, 2.05) is 0 Å². The molecule has 0 aromatic rings. The van der Waals surface area contributed by atoms with Crippen LogP contribution in [0.5, 0.6) is 0 Å². The van der Waals surface area contributed by atoms with Crippen molar-refractivity contribution in [1.29, 1.82) is 0 Å². The van der Waals surface area contributed by atoms with Crippen molar-refractivity contribution in [3.05, 3.63) is 36.5 Å². The van der Waals surface area contributed by atoms with Gasteiger partial charge < -0.3 is 24.2 Å². The van der Waals surface area contributed by atoms with Crippen LogP contribution in [0.3, 0.4) is 0 Å². The number of phosphoric acid groups is 1. The van der Waals surface area contributed by atoms with Crippen LogP contribution in [0, 0.1) is 0 Å². The summed E-state index contributed by atoms with van der Waals surface area (Å²) in [5.41, 5.74) is 0. The van der Waals surface area contributed by atoms with Gasteiger partial charge in [-0.25, -0.2) is 4.57 Å². The highest BCUT2D eigenvalue weighted by atomic mass is 31.2. The minimum Gasteiger partial charge on any atom is -0.462 e. The van der Waals surface area contributed by atoms with Gasteiger partial charge in [0.15, 0.2) is 6.10 Å². The van der Waals surface area contributed by atoms with E-state index in [-0.39, 0.29) is 25.9 Å². The molecule has 0 aliphatic rings. The fraction of sp³-hybridized carbons (Fsp3) is 0.850. The van der Waals surface area contributed by atoms with Crippen molar-refractivity contribution >= 4 is 25.7 Å². The van der Waals surface area contributed by atoms with E-state index in [4.69, 9.17) is 23.3 Å². The lowest BCUT2D eigenvalue weighted by atomic mass is 10.0. The van der Waals surface area contributed by atoms with Crippen molar-refractivity contribution in [2.75, 3.05) is 26.4 Å². The molecule has 2 N–H and O–H groups in total. The molecule has 12 heteroatoms. The number of aliphatic hydroxyl groups is 1. The Bertz CT molecular complexity index is 1350. The highest BCUT2D eigenvalue weighted by Crippen LogP contribution is 2.43. The Labute approximate surface area is 441 Å². The fourth-order valence-corrected chi connectivity index (χ4v) is 9.21. The maximum absolute atomic E-state index is 12.9. The Morgan fingerprint density at radius 3 is 1.11 bits per heavy atom. The summed E-state index contributed by atoms with van der Waals surface area (Å²) in [6, 6.07) is 0. The Kier molecular flexibility index (Phi) is 53.2. The number of rotatable bonds is 56. The average Bonchev–Trinajstić information content (AvgIpc) is 3.37. The van der Waals surface area contributed by atoms with Crippen molar-refractivity contribution in [3.8, 4) is 0 Å². The number of carbonyl (C=O) groups is 3. The summed E-state index contributed by atoms with van der Waals surface area (Å²) in [4.78, 5) is 48.5. The third-order valence-corrected chi connectivity index (χ3v) is 14.0. The first-order valence-corrected chi connectivity index (χ1v) is 31.4. The molecule has 0 radical (unpaired) electrons. The normalized spacial score (nSPS) is 13.6. The summed E-state index contributed by atoms with van der Waals surface area (Å²) < 4.78 is 39.5. The summed E-state index contributed by atoms with van der Waals surface area (Å²) in [6.07, 6.45) is 56.7. The van der Waals surface area contributed by atoms with Gasteiger partial charge in [0.25, 0.3) is 0 Å². The van der Waals surface area contributed by atoms with E-state index in [1.54, 1.807) is 0 Å². The number of phosphoric ester groups is 1. The average molecular weight is 1040 g/mol. The van der Waals surface area contributed by atoms with Crippen LogP contribution < -0.4 is 0 Å². The lowest BCUT2D eigenvalue weighted by molar-refractivity contribution is -0.161. The quantitative estimate of drug-likeness (QED) is 0.0197. The van der Waals surface area contributed by atoms with E-state index in [0.29, 0.717) is 19.3 Å². The lowest BCUT2D eigenvalue weighted by Crippen LogP contribution is -2.30. The lowest BCUT2D eigenvalue weighted by Gasteiger charge is -2.21. The van der Waals surface area contributed by atoms with Crippen LogP contribution in [0.2, 0.25) is 0 Å². The maximum Gasteiger partial charge on any atom is 0.472 e. The van der Waals surface area contributed by atoms with Gasteiger partial charge in [-0.1, -0.05) is 237 Å². The molecule has 0 aromatic heterocycles. The summed E-state index contributed by atoms with van der Waals surface area (Å²) in [6.45, 7) is 4.61. The molecular weight excluding hydrogens is 928 g/mol. The van der Waals surface area contributed by atoms with Crippen molar-refractivity contribution in [2.45, 2.75) is 303 Å². The molecule has 0 rings (SSSR count). The number of hydrogen-bond acceptors (Lipinski definition) is 10. The highest BCUT2D eigenvalue weighted by Gasteiger charge is 2.28. The second kappa shape index (κ2) is 54.9. The van der Waals surface area contributed by atoms with E-state index in [9.17, 15) is 28.9 Å². The van der Waals surface area contributed by atoms with Crippen molar-refractivity contribution in [1.82, 2.24) is 0 Å². The zero-order valence-electron chi connectivity index (χ0n) is 46.7. The molecule has 0 saturated carbocycles. The maximum atomic E-state index is 12.9. The van der Waals surface area contributed by atoms with E-state index >= 15 is 0 Å². The van der Waals surface area contributed by atoms with Crippen LogP contribution in [-0.4, -0.2) is 66.5 Å². The van der Waals surface area contributed by atoms with Crippen LogP contribution in [0.15, 0.2) is 36.5 Å². The number of ether oxygens (including phenoxy) is 3. The van der Waals surface area contributed by atoms with E-state index in [0.717, 1.165) is 89.9 Å². The molecule has 0 fully saturated rings. The van der Waals surface area contributed by atoms with Gasteiger partial charge in [0.1, 0.15) is 12.7 Å². The molecular formula is C60H111O11P. The van der Waals surface area contributed by atoms with Gasteiger partial charge in [0, 0.05) is 19.3 Å². The van der Waals surface area contributed by atoms with Crippen molar-refractivity contribution in [2.24, 2.45) is 0 Å². The topological polar surface area (TPSA) is 155 Å². The predicted octanol–water partition coefficient (Wildman–Crippen LogP) is 17.6. The van der Waals surface area contributed by atoms with Gasteiger partial charge in [-0.2, -0.15) is 0 Å². The summed E-state index contributed by atoms with van der Waals surface area (Å²) in [5.74, 6) is -1.46. The first-order valence-electron chi connectivity index (χ1n) is 29.9. The number of carbonyl (C=O) groups excluding carboxylic acids is 3. The minimum atomic E-state index is -4.74. The fourth-order valence-electron chi connectivity index (χ4n) is 8.43. The number of esters is 3. The molecule has 422 valence electrons. The molecule has 0 saturated heterocycles. The van der Waals surface area contributed by atoms with Gasteiger partial charge >= 0.3 is 25.7 Å². The van der Waals surface area contributed by atoms with Gasteiger partial charge in [0.2, 0.25) is 0 Å². The largest absolute Gasteiger partial charge is 0.472 e. The molecule has 0 aromatic carbocycles. The zero-order chi connectivity index (χ0) is 52.7. The molecule has 0 amide bonds. The monoisotopic (exact) mass is 1040 g/mol. The number of allylic oxidation sites excluding steroid dienone is 6. The molecule has 11 nitrogen and oxygen atoms in total. The number of unbranched alkanes of at least 4 members (excludes halogenated alkanes) is 33. The standard InChI is InChI=1S/C60H111O11P/c1-4-7-10-13-16-19-22-24-26-27-28-29-31-32-35-37-40-43-46-49-58(62)67-53-57(71-60(64)51-48-45-42-39-36-33-30-25-23-20-17-14-11-8-5-2)55-69-72(65,66)68-54-56(52-61)70-59(63)50-47-44-41-38-34-21-18-15-12-9-6-3/h15-16,18-19,24,26,56-57,61H,4-14,17,20-23,25,27-55H2,1-3H3,(H,65,66)/b18-15-,19-16-,26-24-. The smallest absolute Gasteiger partial charge is 0.462 e. The summed E-state index contributed by atoms with van der Waals surface area (Å²) >= 11 is 0. The van der Waals surface area contributed by atoms with Gasteiger partial charge in [-0.15, -0.1) is 0 Å². The van der Waals surface area contributed by atoms with Crippen molar-refractivity contribution < 1.29 is 52.2 Å². The van der Waals surface area contributed by atoms with E-state index in [2.05, 4.69) is 57.2 Å². The zero-order valence-corrected chi connectivity index (χ0v) is 47.6. The third-order valence-electron chi connectivity index (χ3n) is 13.0. The van der Waals surface area contributed by atoms with Crippen LogP contribution in [0.1, 0.15) is 290 Å². The van der Waals surface area contributed by atoms with E-state index in [1.165, 1.54) is 141 Å². The first kappa shape index (κ1) is 69.7. The molecule has 0 heterocycles. The molecule has 0 spiro atoms. The predicted molar refractivity (Wildman–Crippen MR) is 298 cm³/mol. The van der Waals surface area contributed by atoms with Crippen LogP contribution >= 0.6 is 7.82 Å². The Balaban J connectivity index is 4.68. The molecule has 3 unspecified atom stereocenters. The first-order chi connectivity index (χ1) is 35.2. The Morgan fingerprint density at radius 2 is 0.694 bits per heavy atom. The second-order valence-corrected chi connectivity index (χ2v) is 21.6. The summed E-state index contributed by atoms with van der Waals surface area (Å²) in [7, 11) is -4.74. The van der Waals surface area contributed by atoms with Crippen LogP contribution in [0.25, 0.3) is 0 Å². The molecule has 0 aliphatic heterocycles. The SMILES string of the molecule is CCCC/C=C\CCCCCCCC(=O)OC(CO)COP(=O)(O)OCC(COC(=O)CCCCCCCCCCC/C=C\C/C=C\CCCCC)OC(=O)CCCCCCCCCCCCCCCCC.